The molecule has 1 unspecified atom stereocenters. The first-order chi connectivity index (χ1) is 8.33. The van der Waals surface area contributed by atoms with Gasteiger partial charge in [-0.3, -0.25) is 0 Å². The SMILES string of the molecule is CCOc1ccccc1[PH](=O)c1ccccc1. The van der Waals surface area contributed by atoms with E-state index < -0.39 is 7.80 Å². The third-order valence-electron chi connectivity index (χ3n) is 2.47. The highest BCUT2D eigenvalue weighted by atomic mass is 31.1. The van der Waals surface area contributed by atoms with Crippen LogP contribution in [0, 0.1) is 0 Å². The molecule has 2 rings (SSSR count). The van der Waals surface area contributed by atoms with Crippen molar-refractivity contribution in [2.45, 2.75) is 6.92 Å². The quantitative estimate of drug-likeness (QED) is 0.775. The van der Waals surface area contributed by atoms with E-state index in [1.54, 1.807) is 0 Å². The van der Waals surface area contributed by atoms with Crippen LogP contribution in [0.4, 0.5) is 0 Å². The fourth-order valence-electron chi connectivity index (χ4n) is 1.68. The predicted octanol–water partition coefficient (Wildman–Crippen LogP) is 2.60. The Balaban J connectivity index is 2.37. The summed E-state index contributed by atoms with van der Waals surface area (Å²) in [5, 5.41) is 1.66. The molecular weight excluding hydrogens is 231 g/mol. The van der Waals surface area contributed by atoms with Gasteiger partial charge in [-0.15, -0.1) is 0 Å². The summed E-state index contributed by atoms with van der Waals surface area (Å²) in [7, 11) is -1.97. The Morgan fingerprint density at radius 3 is 2.35 bits per heavy atom. The summed E-state index contributed by atoms with van der Waals surface area (Å²) >= 11 is 0. The smallest absolute Gasteiger partial charge is 0.135 e. The molecule has 0 saturated heterocycles. The Morgan fingerprint density at radius 1 is 1.00 bits per heavy atom. The van der Waals surface area contributed by atoms with Crippen molar-refractivity contribution < 1.29 is 9.30 Å². The van der Waals surface area contributed by atoms with E-state index in [1.165, 1.54) is 0 Å². The number of hydrogen-bond acceptors (Lipinski definition) is 2. The van der Waals surface area contributed by atoms with Crippen LogP contribution in [0.1, 0.15) is 6.92 Å². The second-order valence-electron chi connectivity index (χ2n) is 3.62. The van der Waals surface area contributed by atoms with Crippen LogP contribution < -0.4 is 15.3 Å². The highest BCUT2D eigenvalue weighted by molar-refractivity contribution is 7.61. The molecule has 0 saturated carbocycles. The summed E-state index contributed by atoms with van der Waals surface area (Å²) in [5.41, 5.74) is 0. The molecule has 1 atom stereocenters. The van der Waals surface area contributed by atoms with E-state index in [2.05, 4.69) is 0 Å². The average molecular weight is 246 g/mol. The zero-order chi connectivity index (χ0) is 12.1. The number of para-hydroxylation sites is 1. The van der Waals surface area contributed by atoms with Crippen LogP contribution in [-0.2, 0) is 4.57 Å². The van der Waals surface area contributed by atoms with E-state index in [4.69, 9.17) is 4.74 Å². The molecule has 0 spiro atoms. The normalized spacial score (nSPS) is 12.1. The lowest BCUT2D eigenvalue weighted by molar-refractivity contribution is 0.343. The van der Waals surface area contributed by atoms with Crippen molar-refractivity contribution in [2.24, 2.45) is 0 Å². The van der Waals surface area contributed by atoms with Crippen LogP contribution in [0.25, 0.3) is 0 Å². The molecule has 2 aromatic rings. The van der Waals surface area contributed by atoms with Gasteiger partial charge in [0.25, 0.3) is 0 Å². The maximum absolute atomic E-state index is 12.4. The Hall–Kier alpha value is -1.53. The monoisotopic (exact) mass is 246 g/mol. The van der Waals surface area contributed by atoms with Crippen LogP contribution in [-0.4, -0.2) is 6.61 Å². The van der Waals surface area contributed by atoms with Crippen LogP contribution in [0.5, 0.6) is 5.75 Å². The second-order valence-corrected chi connectivity index (χ2v) is 5.40. The van der Waals surface area contributed by atoms with E-state index in [9.17, 15) is 4.57 Å². The molecule has 0 radical (unpaired) electrons. The zero-order valence-corrected chi connectivity index (χ0v) is 10.7. The average Bonchev–Trinajstić information content (AvgIpc) is 2.40. The molecule has 0 heterocycles. The van der Waals surface area contributed by atoms with Gasteiger partial charge in [0, 0.05) is 5.30 Å². The Morgan fingerprint density at radius 2 is 1.65 bits per heavy atom. The fraction of sp³-hybridized carbons (Fsp3) is 0.143. The number of hydrogen-bond donors (Lipinski definition) is 0. The van der Waals surface area contributed by atoms with Gasteiger partial charge in [0.05, 0.1) is 11.9 Å². The molecule has 0 fully saturated rings. The third-order valence-corrected chi connectivity index (χ3v) is 4.23. The molecule has 0 bridgehead atoms. The van der Waals surface area contributed by atoms with Crippen LogP contribution in [0.2, 0.25) is 0 Å². The van der Waals surface area contributed by atoms with Crippen molar-refractivity contribution in [3.63, 3.8) is 0 Å². The Labute approximate surface area is 102 Å². The number of rotatable bonds is 4. The largest absolute Gasteiger partial charge is 0.493 e. The maximum Gasteiger partial charge on any atom is 0.135 e. The van der Waals surface area contributed by atoms with Gasteiger partial charge in [-0.05, 0) is 19.1 Å². The van der Waals surface area contributed by atoms with Gasteiger partial charge < -0.3 is 9.30 Å². The molecular formula is C14H15O2P. The first-order valence-electron chi connectivity index (χ1n) is 5.64. The summed E-state index contributed by atoms with van der Waals surface area (Å²) in [6.07, 6.45) is 0. The summed E-state index contributed by atoms with van der Waals surface area (Å²) in [4.78, 5) is 0. The van der Waals surface area contributed by atoms with Crippen LogP contribution in [0.3, 0.4) is 0 Å². The minimum absolute atomic E-state index is 0.584. The summed E-state index contributed by atoms with van der Waals surface area (Å²) in [6, 6.07) is 17.0. The molecule has 0 aliphatic carbocycles. The van der Waals surface area contributed by atoms with Crippen molar-refractivity contribution in [3.8, 4) is 5.75 Å². The standard InChI is InChI=1S/C14H15O2P/c1-2-16-13-10-6-7-11-14(13)17(15)12-8-4-3-5-9-12/h3-11,17H,2H2,1H3. The summed E-state index contributed by atoms with van der Waals surface area (Å²) in [6.45, 7) is 2.51. The molecule has 0 aromatic heterocycles. The summed E-state index contributed by atoms with van der Waals surface area (Å²) < 4.78 is 18.0. The first-order valence-corrected chi connectivity index (χ1v) is 7.05. The molecule has 2 nitrogen and oxygen atoms in total. The topological polar surface area (TPSA) is 26.3 Å². The minimum atomic E-state index is -1.97. The molecule has 3 heteroatoms. The first kappa shape index (κ1) is 11.9. The second kappa shape index (κ2) is 5.70. The molecule has 0 N–H and O–H groups in total. The highest BCUT2D eigenvalue weighted by Gasteiger charge is 2.11. The van der Waals surface area contributed by atoms with Crippen molar-refractivity contribution in [3.05, 3.63) is 54.6 Å². The van der Waals surface area contributed by atoms with Gasteiger partial charge in [0.15, 0.2) is 0 Å². The van der Waals surface area contributed by atoms with Gasteiger partial charge in [0.2, 0.25) is 0 Å². The van der Waals surface area contributed by atoms with E-state index in [1.807, 2.05) is 61.5 Å². The van der Waals surface area contributed by atoms with Crippen molar-refractivity contribution >= 4 is 18.4 Å². The molecule has 0 aliphatic rings. The van der Waals surface area contributed by atoms with E-state index in [0.29, 0.717) is 6.61 Å². The van der Waals surface area contributed by atoms with Crippen LogP contribution >= 0.6 is 7.80 Å². The minimum Gasteiger partial charge on any atom is -0.493 e. The van der Waals surface area contributed by atoms with E-state index in [-0.39, 0.29) is 0 Å². The van der Waals surface area contributed by atoms with Gasteiger partial charge >= 0.3 is 0 Å². The lowest BCUT2D eigenvalue weighted by Gasteiger charge is -2.09. The zero-order valence-electron chi connectivity index (χ0n) is 9.72. The lowest BCUT2D eigenvalue weighted by atomic mass is 10.3. The molecule has 2 aromatic carbocycles. The third kappa shape index (κ3) is 2.78. The molecule has 0 aliphatic heterocycles. The van der Waals surface area contributed by atoms with Gasteiger partial charge in [-0.25, -0.2) is 0 Å². The Kier molecular flexibility index (Phi) is 4.00. The van der Waals surface area contributed by atoms with Gasteiger partial charge in [-0.1, -0.05) is 42.5 Å². The number of benzene rings is 2. The maximum atomic E-state index is 12.4. The Bertz CT molecular complexity index is 509. The molecule has 88 valence electrons. The number of ether oxygens (including phenoxy) is 1. The van der Waals surface area contributed by atoms with E-state index in [0.717, 1.165) is 16.4 Å². The van der Waals surface area contributed by atoms with Crippen molar-refractivity contribution in [1.82, 2.24) is 0 Å². The van der Waals surface area contributed by atoms with E-state index >= 15 is 0 Å². The molecule has 17 heavy (non-hydrogen) atoms. The van der Waals surface area contributed by atoms with Crippen LogP contribution in [0.15, 0.2) is 54.6 Å². The van der Waals surface area contributed by atoms with Gasteiger partial charge in [-0.2, -0.15) is 0 Å². The highest BCUT2D eigenvalue weighted by Crippen LogP contribution is 2.25. The van der Waals surface area contributed by atoms with Crippen molar-refractivity contribution in [2.75, 3.05) is 6.61 Å². The molecule has 0 amide bonds. The van der Waals surface area contributed by atoms with Crippen molar-refractivity contribution in [1.29, 1.82) is 0 Å². The predicted molar refractivity (Wildman–Crippen MR) is 72.3 cm³/mol. The lowest BCUT2D eigenvalue weighted by Crippen LogP contribution is -2.10. The fourth-order valence-corrected chi connectivity index (χ4v) is 3.11. The van der Waals surface area contributed by atoms with Gasteiger partial charge in [0.1, 0.15) is 13.6 Å². The summed E-state index contributed by atoms with van der Waals surface area (Å²) in [5.74, 6) is 0.725.